The molecule has 3 rings (SSSR count). The molecule has 3 heteroatoms. The number of nitrogens with one attached hydrogen (secondary N) is 1. The summed E-state index contributed by atoms with van der Waals surface area (Å²) in [5.41, 5.74) is 7.68. The maximum atomic E-state index is 4.50. The summed E-state index contributed by atoms with van der Waals surface area (Å²) in [7, 11) is 0. The minimum Gasteiger partial charge on any atom is -0.381 e. The first kappa shape index (κ1) is 14.1. The Morgan fingerprint density at radius 3 is 2.43 bits per heavy atom. The standard InChI is InChI=1S/C18H20N2S/c1-11-7-12(2)16(13(3)8-11)10-19-15-5-6-17-18(9-15)21-14(4)20-17/h5-9,19H,10H2,1-4H3. The first-order chi connectivity index (χ1) is 10.0. The number of aromatic nitrogens is 1. The molecule has 0 amide bonds. The number of hydrogen-bond donors (Lipinski definition) is 1. The summed E-state index contributed by atoms with van der Waals surface area (Å²) in [4.78, 5) is 4.50. The summed E-state index contributed by atoms with van der Waals surface area (Å²) in [6, 6.07) is 10.9. The lowest BCUT2D eigenvalue weighted by Gasteiger charge is -2.13. The Morgan fingerprint density at radius 2 is 1.71 bits per heavy atom. The zero-order chi connectivity index (χ0) is 15.0. The highest BCUT2D eigenvalue weighted by Crippen LogP contribution is 2.25. The van der Waals surface area contributed by atoms with E-state index < -0.39 is 0 Å². The van der Waals surface area contributed by atoms with Crippen LogP contribution in [-0.4, -0.2) is 4.98 Å². The minimum atomic E-state index is 0.862. The molecule has 0 saturated heterocycles. The number of nitrogens with zero attached hydrogens (tertiary/aromatic N) is 1. The van der Waals surface area contributed by atoms with Crippen molar-refractivity contribution in [1.29, 1.82) is 0 Å². The summed E-state index contributed by atoms with van der Waals surface area (Å²) in [5, 5.41) is 4.66. The molecule has 3 aromatic rings. The van der Waals surface area contributed by atoms with Crippen molar-refractivity contribution in [2.45, 2.75) is 34.2 Å². The number of thiazole rings is 1. The van der Waals surface area contributed by atoms with Crippen LogP contribution in [-0.2, 0) is 6.54 Å². The first-order valence-electron chi connectivity index (χ1n) is 7.21. The molecule has 0 fully saturated rings. The van der Waals surface area contributed by atoms with Crippen molar-refractivity contribution in [3.05, 3.63) is 57.6 Å². The van der Waals surface area contributed by atoms with Crippen LogP contribution in [0, 0.1) is 27.7 Å². The largest absolute Gasteiger partial charge is 0.381 e. The van der Waals surface area contributed by atoms with Crippen LogP contribution in [0.4, 0.5) is 5.69 Å². The minimum absolute atomic E-state index is 0.862. The van der Waals surface area contributed by atoms with Gasteiger partial charge in [0.15, 0.2) is 0 Å². The number of hydrogen-bond acceptors (Lipinski definition) is 3. The van der Waals surface area contributed by atoms with E-state index in [1.54, 1.807) is 11.3 Å². The fourth-order valence-corrected chi connectivity index (χ4v) is 3.70. The Kier molecular flexibility index (Phi) is 3.68. The monoisotopic (exact) mass is 296 g/mol. The van der Waals surface area contributed by atoms with E-state index in [1.807, 2.05) is 0 Å². The van der Waals surface area contributed by atoms with Crippen molar-refractivity contribution in [2.24, 2.45) is 0 Å². The van der Waals surface area contributed by atoms with E-state index in [9.17, 15) is 0 Å². The SMILES string of the molecule is Cc1cc(C)c(CNc2ccc3nc(C)sc3c2)c(C)c1. The molecule has 0 aliphatic carbocycles. The molecule has 1 N–H and O–H groups in total. The van der Waals surface area contributed by atoms with Gasteiger partial charge >= 0.3 is 0 Å². The van der Waals surface area contributed by atoms with Gasteiger partial charge in [0.05, 0.1) is 15.2 Å². The second kappa shape index (κ2) is 5.49. The van der Waals surface area contributed by atoms with Gasteiger partial charge < -0.3 is 5.32 Å². The van der Waals surface area contributed by atoms with Gasteiger partial charge in [-0.1, -0.05) is 17.7 Å². The molecule has 0 spiro atoms. The van der Waals surface area contributed by atoms with Crippen LogP contribution in [0.15, 0.2) is 30.3 Å². The molecule has 0 aliphatic rings. The fourth-order valence-electron chi connectivity index (χ4n) is 2.83. The first-order valence-corrected chi connectivity index (χ1v) is 8.02. The molecule has 1 aromatic heterocycles. The molecule has 108 valence electrons. The Morgan fingerprint density at radius 1 is 1.00 bits per heavy atom. The van der Waals surface area contributed by atoms with E-state index in [0.717, 1.165) is 22.8 Å². The molecule has 2 aromatic carbocycles. The summed E-state index contributed by atoms with van der Waals surface area (Å²) < 4.78 is 1.25. The Labute approximate surface area is 129 Å². The lowest BCUT2D eigenvalue weighted by atomic mass is 10.00. The van der Waals surface area contributed by atoms with Crippen molar-refractivity contribution >= 4 is 27.2 Å². The smallest absolute Gasteiger partial charge is 0.0907 e. The van der Waals surface area contributed by atoms with Crippen LogP contribution in [0.2, 0.25) is 0 Å². The molecule has 21 heavy (non-hydrogen) atoms. The van der Waals surface area contributed by atoms with Crippen molar-refractivity contribution in [1.82, 2.24) is 4.98 Å². The Bertz CT molecular complexity index is 779. The number of fused-ring (bicyclic) bond motifs is 1. The second-order valence-electron chi connectivity index (χ2n) is 5.65. The van der Waals surface area contributed by atoms with E-state index in [1.165, 1.54) is 27.0 Å². The molecule has 2 nitrogen and oxygen atoms in total. The second-order valence-corrected chi connectivity index (χ2v) is 6.88. The lowest BCUT2D eigenvalue weighted by Crippen LogP contribution is -2.04. The zero-order valence-corrected chi connectivity index (χ0v) is 13.8. The fraction of sp³-hybridized carbons (Fsp3) is 0.278. The topological polar surface area (TPSA) is 24.9 Å². The van der Waals surface area contributed by atoms with Gasteiger partial charge in [-0.15, -0.1) is 11.3 Å². The van der Waals surface area contributed by atoms with Crippen LogP contribution in [0.3, 0.4) is 0 Å². The van der Waals surface area contributed by atoms with Crippen molar-refractivity contribution in [3.63, 3.8) is 0 Å². The molecule has 0 aliphatic heterocycles. The zero-order valence-electron chi connectivity index (χ0n) is 12.9. The summed E-state index contributed by atoms with van der Waals surface area (Å²) >= 11 is 1.75. The molecule has 1 heterocycles. The van der Waals surface area contributed by atoms with Gasteiger partial charge in [0.25, 0.3) is 0 Å². The molecular formula is C18H20N2S. The van der Waals surface area contributed by atoms with Gasteiger partial charge in [0.1, 0.15) is 0 Å². The number of anilines is 1. The third-order valence-electron chi connectivity index (χ3n) is 3.81. The third-order valence-corrected chi connectivity index (χ3v) is 4.74. The highest BCUT2D eigenvalue weighted by atomic mass is 32.1. The average Bonchev–Trinajstić information content (AvgIpc) is 2.76. The molecule has 0 radical (unpaired) electrons. The number of aryl methyl sites for hydroxylation is 4. The molecular weight excluding hydrogens is 276 g/mol. The Hall–Kier alpha value is -1.87. The quantitative estimate of drug-likeness (QED) is 0.723. The lowest BCUT2D eigenvalue weighted by molar-refractivity contribution is 1.08. The molecule has 0 saturated carbocycles. The van der Waals surface area contributed by atoms with Crippen molar-refractivity contribution in [2.75, 3.05) is 5.32 Å². The van der Waals surface area contributed by atoms with Gasteiger partial charge in [-0.2, -0.15) is 0 Å². The average molecular weight is 296 g/mol. The maximum Gasteiger partial charge on any atom is 0.0907 e. The predicted octanol–water partition coefficient (Wildman–Crippen LogP) is 5.14. The van der Waals surface area contributed by atoms with E-state index in [4.69, 9.17) is 0 Å². The van der Waals surface area contributed by atoms with Crippen molar-refractivity contribution in [3.8, 4) is 0 Å². The maximum absolute atomic E-state index is 4.50. The van der Waals surface area contributed by atoms with Gasteiger partial charge in [0.2, 0.25) is 0 Å². The number of benzene rings is 2. The molecule has 0 atom stereocenters. The normalized spacial score (nSPS) is 11.0. The van der Waals surface area contributed by atoms with Gasteiger partial charge in [-0.25, -0.2) is 4.98 Å². The highest BCUT2D eigenvalue weighted by Gasteiger charge is 2.05. The predicted molar refractivity (Wildman–Crippen MR) is 92.3 cm³/mol. The van der Waals surface area contributed by atoms with Crippen LogP contribution in [0.1, 0.15) is 27.3 Å². The van der Waals surface area contributed by atoms with Gasteiger partial charge in [-0.3, -0.25) is 0 Å². The molecule has 0 unspecified atom stereocenters. The van der Waals surface area contributed by atoms with E-state index in [2.05, 4.69) is 68.3 Å². The van der Waals surface area contributed by atoms with Crippen LogP contribution in [0.5, 0.6) is 0 Å². The number of rotatable bonds is 3. The van der Waals surface area contributed by atoms with Gasteiger partial charge in [-0.05, 0) is 62.6 Å². The van der Waals surface area contributed by atoms with Crippen molar-refractivity contribution < 1.29 is 0 Å². The summed E-state index contributed by atoms with van der Waals surface area (Å²) in [5.74, 6) is 0. The van der Waals surface area contributed by atoms with Crippen LogP contribution >= 0.6 is 11.3 Å². The van der Waals surface area contributed by atoms with E-state index in [0.29, 0.717) is 0 Å². The van der Waals surface area contributed by atoms with E-state index >= 15 is 0 Å². The van der Waals surface area contributed by atoms with Gasteiger partial charge in [0, 0.05) is 12.2 Å². The van der Waals surface area contributed by atoms with Crippen LogP contribution in [0.25, 0.3) is 10.2 Å². The summed E-state index contributed by atoms with van der Waals surface area (Å²) in [6.07, 6.45) is 0. The van der Waals surface area contributed by atoms with Crippen LogP contribution < -0.4 is 5.32 Å². The summed E-state index contributed by atoms with van der Waals surface area (Å²) in [6.45, 7) is 9.44. The molecule has 0 bridgehead atoms. The Balaban J connectivity index is 1.83. The third kappa shape index (κ3) is 2.93. The van der Waals surface area contributed by atoms with E-state index in [-0.39, 0.29) is 0 Å². The highest BCUT2D eigenvalue weighted by molar-refractivity contribution is 7.18.